The fourth-order valence-electron chi connectivity index (χ4n) is 5.16. The van der Waals surface area contributed by atoms with Crippen molar-refractivity contribution in [3.05, 3.63) is 101 Å². The van der Waals surface area contributed by atoms with Gasteiger partial charge in [0.15, 0.2) is 11.5 Å². The maximum Gasteiger partial charge on any atom is 0.387 e. The highest BCUT2D eigenvalue weighted by Gasteiger charge is 2.36. The van der Waals surface area contributed by atoms with Crippen LogP contribution in [0.5, 0.6) is 0 Å². The number of azo groups is 1. The van der Waals surface area contributed by atoms with Crippen LogP contribution < -0.4 is 5.32 Å². The summed E-state index contributed by atoms with van der Waals surface area (Å²) in [7, 11) is 4.04. The standard InChI is InChI=1S/C31H25N9O3/c1-38(2)18-21-6-3-4-9-24(21)19-10-12-22(13-11-19)33-31(43)39-15-14-25-26(17-32)37-40(27(25)29(39)41)23-8-5-7-20(16-23)28-34-30(42)36-35-28/h3-13,16H,14-15,18H2,1-2H3,(H,33,43). The first kappa shape index (κ1) is 27.4. The van der Waals surface area contributed by atoms with Gasteiger partial charge in [0.1, 0.15) is 11.8 Å². The summed E-state index contributed by atoms with van der Waals surface area (Å²) in [5, 5.41) is 24.1. The molecule has 43 heavy (non-hydrogen) atoms. The number of nitrogens with one attached hydrogen (secondary N) is 1. The molecule has 0 aliphatic carbocycles. The Bertz CT molecular complexity index is 1880. The Morgan fingerprint density at radius 2 is 1.79 bits per heavy atom. The molecule has 3 heterocycles. The first-order valence-electron chi connectivity index (χ1n) is 13.5. The summed E-state index contributed by atoms with van der Waals surface area (Å²) in [5.41, 5.74) is 5.46. The molecule has 3 aromatic carbocycles. The summed E-state index contributed by atoms with van der Waals surface area (Å²) in [6, 6.07) is 23.1. The lowest BCUT2D eigenvalue weighted by atomic mass is 9.99. The summed E-state index contributed by atoms with van der Waals surface area (Å²) in [5.74, 6) is -0.451. The number of carbonyl (C=O) groups is 3. The number of hydrogen-bond acceptors (Lipinski definition) is 7. The lowest BCUT2D eigenvalue weighted by Crippen LogP contribution is -2.45. The van der Waals surface area contributed by atoms with E-state index in [2.05, 4.69) is 48.7 Å². The van der Waals surface area contributed by atoms with Crippen LogP contribution >= 0.6 is 0 Å². The van der Waals surface area contributed by atoms with Crippen LogP contribution in [0.2, 0.25) is 0 Å². The smallest absolute Gasteiger partial charge is 0.307 e. The average Bonchev–Trinajstić information content (AvgIpc) is 3.62. The van der Waals surface area contributed by atoms with Gasteiger partial charge in [-0.15, -0.1) is 5.11 Å². The van der Waals surface area contributed by atoms with Crippen molar-refractivity contribution in [3.63, 3.8) is 0 Å². The first-order chi connectivity index (χ1) is 20.8. The Kier molecular flexibility index (Phi) is 7.15. The largest absolute Gasteiger partial charge is 0.387 e. The number of carbonyl (C=O) groups excluding carboxylic acids is 3. The maximum absolute atomic E-state index is 13.7. The monoisotopic (exact) mass is 571 g/mol. The highest BCUT2D eigenvalue weighted by atomic mass is 16.2. The fraction of sp³-hybridized carbons (Fsp3) is 0.161. The van der Waals surface area contributed by atoms with Crippen LogP contribution in [0.15, 0.2) is 88.0 Å². The predicted octanol–water partition coefficient (Wildman–Crippen LogP) is 5.04. The molecular weight excluding hydrogens is 546 g/mol. The number of rotatable bonds is 6. The fourth-order valence-corrected chi connectivity index (χ4v) is 5.16. The van der Waals surface area contributed by atoms with Crippen molar-refractivity contribution >= 4 is 29.5 Å². The lowest BCUT2D eigenvalue weighted by molar-refractivity contribution is 0.0789. The summed E-state index contributed by atoms with van der Waals surface area (Å²) < 4.78 is 1.34. The SMILES string of the molecule is CN(C)Cc1ccccc1-c1ccc(NC(=O)N2CCc3c(C#N)nn(-c4cccc(C5=NC(=O)N=N5)c4)c3C2=O)cc1. The van der Waals surface area contributed by atoms with E-state index in [-0.39, 0.29) is 30.2 Å². The zero-order chi connectivity index (χ0) is 30.1. The summed E-state index contributed by atoms with van der Waals surface area (Å²) in [4.78, 5) is 45.4. The molecule has 0 atom stereocenters. The van der Waals surface area contributed by atoms with E-state index in [4.69, 9.17) is 0 Å². The predicted molar refractivity (Wildman–Crippen MR) is 158 cm³/mol. The van der Waals surface area contributed by atoms with E-state index in [0.29, 0.717) is 22.5 Å². The van der Waals surface area contributed by atoms with Gasteiger partial charge in [-0.05, 0) is 61.5 Å². The first-order valence-corrected chi connectivity index (χ1v) is 13.5. The van der Waals surface area contributed by atoms with Crippen LogP contribution in [-0.4, -0.2) is 64.0 Å². The summed E-state index contributed by atoms with van der Waals surface area (Å²) in [6.45, 7) is 0.884. The molecule has 212 valence electrons. The van der Waals surface area contributed by atoms with Crippen molar-refractivity contribution in [2.24, 2.45) is 15.2 Å². The highest BCUT2D eigenvalue weighted by Crippen LogP contribution is 2.28. The molecule has 4 aromatic rings. The van der Waals surface area contributed by atoms with Crippen molar-refractivity contribution in [2.75, 3.05) is 26.0 Å². The number of anilines is 1. The molecule has 0 unspecified atom stereocenters. The minimum Gasteiger partial charge on any atom is -0.307 e. The molecule has 5 amide bonds. The molecule has 0 radical (unpaired) electrons. The van der Waals surface area contributed by atoms with Gasteiger partial charge in [0.05, 0.1) is 5.69 Å². The molecule has 0 spiro atoms. The van der Waals surface area contributed by atoms with E-state index in [1.165, 1.54) is 10.2 Å². The second kappa shape index (κ2) is 11.2. The van der Waals surface area contributed by atoms with Crippen molar-refractivity contribution in [2.45, 2.75) is 13.0 Å². The Hall–Kier alpha value is -5.80. The van der Waals surface area contributed by atoms with Gasteiger partial charge in [0.25, 0.3) is 5.91 Å². The number of aliphatic imine (C=N–C) groups is 1. The number of aromatic nitrogens is 2. The second-order valence-electron chi connectivity index (χ2n) is 10.3. The number of urea groups is 2. The number of amides is 5. The lowest BCUT2D eigenvalue weighted by Gasteiger charge is -2.26. The number of hydrogen-bond donors (Lipinski definition) is 1. The number of amidine groups is 1. The maximum atomic E-state index is 13.7. The molecule has 2 aliphatic heterocycles. The van der Waals surface area contributed by atoms with E-state index >= 15 is 0 Å². The van der Waals surface area contributed by atoms with Gasteiger partial charge in [-0.3, -0.25) is 9.69 Å². The summed E-state index contributed by atoms with van der Waals surface area (Å²) >= 11 is 0. The van der Waals surface area contributed by atoms with Gasteiger partial charge >= 0.3 is 12.1 Å². The molecule has 12 heteroatoms. The number of imide groups is 1. The van der Waals surface area contributed by atoms with Crippen LogP contribution in [0.25, 0.3) is 16.8 Å². The molecule has 2 aliphatic rings. The van der Waals surface area contributed by atoms with Crippen LogP contribution in [-0.2, 0) is 13.0 Å². The van der Waals surface area contributed by atoms with Gasteiger partial charge in [-0.2, -0.15) is 15.4 Å². The molecule has 0 fully saturated rings. The van der Waals surface area contributed by atoms with E-state index in [1.807, 2.05) is 38.4 Å². The minimum absolute atomic E-state index is 0.0907. The topological polar surface area (TPSA) is 148 Å². The Morgan fingerprint density at radius 1 is 1.00 bits per heavy atom. The third-order valence-corrected chi connectivity index (χ3v) is 7.10. The number of nitrogens with zero attached hydrogens (tertiary/aromatic N) is 8. The third-order valence-electron chi connectivity index (χ3n) is 7.10. The van der Waals surface area contributed by atoms with Crippen LogP contribution in [0.4, 0.5) is 15.3 Å². The van der Waals surface area contributed by atoms with E-state index in [1.54, 1.807) is 36.4 Å². The highest BCUT2D eigenvalue weighted by molar-refractivity contribution is 6.10. The number of benzene rings is 3. The van der Waals surface area contributed by atoms with Crippen molar-refractivity contribution in [3.8, 4) is 22.9 Å². The normalized spacial score (nSPS) is 14.1. The number of fused-ring (bicyclic) bond motifs is 1. The third kappa shape index (κ3) is 5.32. The Morgan fingerprint density at radius 3 is 2.51 bits per heavy atom. The molecular formula is C31H25N9O3. The van der Waals surface area contributed by atoms with Gasteiger partial charge in [-0.25, -0.2) is 14.3 Å². The molecule has 1 aromatic heterocycles. The zero-order valence-corrected chi connectivity index (χ0v) is 23.4. The van der Waals surface area contributed by atoms with Crippen molar-refractivity contribution in [1.29, 1.82) is 5.26 Å². The molecule has 0 saturated carbocycles. The molecule has 0 bridgehead atoms. The van der Waals surface area contributed by atoms with E-state index in [0.717, 1.165) is 22.6 Å². The average molecular weight is 572 g/mol. The minimum atomic E-state index is -0.704. The van der Waals surface area contributed by atoms with Crippen LogP contribution in [0.3, 0.4) is 0 Å². The quantitative estimate of drug-likeness (QED) is 0.343. The molecule has 12 nitrogen and oxygen atoms in total. The van der Waals surface area contributed by atoms with Crippen LogP contribution in [0.1, 0.15) is 32.9 Å². The van der Waals surface area contributed by atoms with Gasteiger partial charge in [0, 0.05) is 29.9 Å². The zero-order valence-electron chi connectivity index (χ0n) is 23.4. The van der Waals surface area contributed by atoms with E-state index < -0.39 is 18.0 Å². The Balaban J connectivity index is 1.24. The van der Waals surface area contributed by atoms with Crippen LogP contribution in [0, 0.1) is 11.3 Å². The summed E-state index contributed by atoms with van der Waals surface area (Å²) in [6.07, 6.45) is 0.272. The molecule has 0 saturated heterocycles. The second-order valence-corrected chi connectivity index (χ2v) is 10.3. The Labute approximate surface area is 246 Å². The van der Waals surface area contributed by atoms with Gasteiger partial charge in [-0.1, -0.05) is 53.6 Å². The van der Waals surface area contributed by atoms with E-state index in [9.17, 15) is 19.6 Å². The number of nitriles is 1. The molecule has 1 N–H and O–H groups in total. The van der Waals surface area contributed by atoms with Gasteiger partial charge in [0.2, 0.25) is 0 Å². The van der Waals surface area contributed by atoms with Gasteiger partial charge < -0.3 is 10.2 Å². The van der Waals surface area contributed by atoms with Crippen molar-refractivity contribution in [1.82, 2.24) is 19.6 Å². The molecule has 6 rings (SSSR count). The van der Waals surface area contributed by atoms with Crippen molar-refractivity contribution < 1.29 is 14.4 Å².